The molecule has 6 heteroatoms. The van der Waals surface area contributed by atoms with Crippen molar-refractivity contribution >= 4 is 5.97 Å². The lowest BCUT2D eigenvalue weighted by Crippen LogP contribution is -2.17. The van der Waals surface area contributed by atoms with E-state index in [0.29, 0.717) is 18.8 Å². The van der Waals surface area contributed by atoms with Crippen LogP contribution < -0.4 is 5.32 Å². The number of furan rings is 1. The molecule has 0 spiro atoms. The minimum absolute atomic E-state index is 0.222. The number of nitrogens with one attached hydrogen (secondary N) is 1. The van der Waals surface area contributed by atoms with Crippen molar-refractivity contribution in [2.45, 2.75) is 13.1 Å². The fourth-order valence-corrected chi connectivity index (χ4v) is 1.57. The Morgan fingerprint density at radius 2 is 2.41 bits per heavy atom. The molecule has 0 bridgehead atoms. The topological polar surface area (TPSA) is 80.3 Å². The van der Waals surface area contributed by atoms with Crippen LogP contribution >= 0.6 is 0 Å². The number of carboxylic acid groups (broad SMARTS) is 1. The van der Waals surface area contributed by atoms with Crippen molar-refractivity contribution in [1.29, 1.82) is 0 Å². The number of hydrogen-bond donors (Lipinski definition) is 2. The van der Waals surface area contributed by atoms with Crippen LogP contribution in [0, 0.1) is 0 Å². The molecule has 0 aromatic carbocycles. The van der Waals surface area contributed by atoms with E-state index in [0.717, 1.165) is 5.76 Å². The zero-order chi connectivity index (χ0) is 12.3. The lowest BCUT2D eigenvalue weighted by atomic mass is 10.2. The highest BCUT2D eigenvalue weighted by molar-refractivity contribution is 5.88. The minimum Gasteiger partial charge on any atom is -0.478 e. The molecule has 0 aliphatic rings. The third-order valence-corrected chi connectivity index (χ3v) is 2.46. The van der Waals surface area contributed by atoms with Crippen molar-refractivity contribution in [3.8, 4) is 0 Å². The quantitative estimate of drug-likeness (QED) is 0.808. The number of aryl methyl sites for hydroxylation is 1. The SMILES string of the molecule is Cn1ncc(C(=O)O)c1CNCc1ccco1. The van der Waals surface area contributed by atoms with E-state index >= 15 is 0 Å². The Bertz CT molecular complexity index is 502. The van der Waals surface area contributed by atoms with Crippen molar-refractivity contribution in [2.75, 3.05) is 0 Å². The largest absolute Gasteiger partial charge is 0.478 e. The fraction of sp³-hybridized carbons (Fsp3) is 0.273. The highest BCUT2D eigenvalue weighted by Gasteiger charge is 2.14. The Hall–Kier alpha value is -2.08. The molecule has 2 heterocycles. The minimum atomic E-state index is -0.965. The Balaban J connectivity index is 1.99. The maximum Gasteiger partial charge on any atom is 0.339 e. The Kier molecular flexibility index (Phi) is 3.24. The summed E-state index contributed by atoms with van der Waals surface area (Å²) in [6, 6.07) is 3.66. The summed E-state index contributed by atoms with van der Waals surface area (Å²) in [5, 5.41) is 16.0. The summed E-state index contributed by atoms with van der Waals surface area (Å²) in [5.74, 6) is -0.156. The number of nitrogens with zero attached hydrogens (tertiary/aromatic N) is 2. The van der Waals surface area contributed by atoms with Gasteiger partial charge in [-0.1, -0.05) is 0 Å². The fourth-order valence-electron chi connectivity index (χ4n) is 1.57. The van der Waals surface area contributed by atoms with Gasteiger partial charge in [-0.05, 0) is 12.1 Å². The Morgan fingerprint density at radius 3 is 3.06 bits per heavy atom. The molecule has 0 saturated heterocycles. The number of carbonyl (C=O) groups is 1. The van der Waals surface area contributed by atoms with E-state index in [1.54, 1.807) is 18.0 Å². The van der Waals surface area contributed by atoms with Gasteiger partial charge in [0.15, 0.2) is 0 Å². The second-order valence-corrected chi connectivity index (χ2v) is 3.62. The van der Waals surface area contributed by atoms with Gasteiger partial charge in [0, 0.05) is 13.6 Å². The summed E-state index contributed by atoms with van der Waals surface area (Å²) in [4.78, 5) is 10.9. The van der Waals surface area contributed by atoms with Gasteiger partial charge < -0.3 is 14.8 Å². The van der Waals surface area contributed by atoms with Crippen molar-refractivity contribution in [3.05, 3.63) is 41.6 Å². The third kappa shape index (κ3) is 2.54. The highest BCUT2D eigenvalue weighted by atomic mass is 16.4. The lowest BCUT2D eigenvalue weighted by molar-refractivity contribution is 0.0695. The van der Waals surface area contributed by atoms with Gasteiger partial charge in [0.05, 0.1) is 24.7 Å². The Morgan fingerprint density at radius 1 is 1.59 bits per heavy atom. The summed E-state index contributed by atoms with van der Waals surface area (Å²) in [6.45, 7) is 0.982. The van der Waals surface area contributed by atoms with Gasteiger partial charge in [-0.15, -0.1) is 0 Å². The van der Waals surface area contributed by atoms with Gasteiger partial charge >= 0.3 is 5.97 Å². The van der Waals surface area contributed by atoms with Crippen LogP contribution in [0.3, 0.4) is 0 Å². The highest BCUT2D eigenvalue weighted by Crippen LogP contribution is 2.07. The molecular weight excluding hydrogens is 222 g/mol. The molecule has 0 aliphatic heterocycles. The first-order valence-corrected chi connectivity index (χ1v) is 5.15. The number of carboxylic acids is 1. The van der Waals surface area contributed by atoms with E-state index in [9.17, 15) is 4.79 Å². The van der Waals surface area contributed by atoms with Gasteiger partial charge in [0.1, 0.15) is 11.3 Å². The van der Waals surface area contributed by atoms with Crippen LogP contribution in [0.25, 0.3) is 0 Å². The molecule has 17 heavy (non-hydrogen) atoms. The number of rotatable bonds is 5. The molecule has 90 valence electrons. The maximum atomic E-state index is 10.9. The average molecular weight is 235 g/mol. The van der Waals surface area contributed by atoms with Gasteiger partial charge in [-0.3, -0.25) is 4.68 Å². The van der Waals surface area contributed by atoms with Gasteiger partial charge in [0.2, 0.25) is 0 Å². The zero-order valence-corrected chi connectivity index (χ0v) is 9.38. The molecule has 0 fully saturated rings. The van der Waals surface area contributed by atoms with E-state index in [4.69, 9.17) is 9.52 Å². The van der Waals surface area contributed by atoms with Crippen molar-refractivity contribution in [1.82, 2.24) is 15.1 Å². The Labute approximate surface area is 97.9 Å². The molecule has 6 nitrogen and oxygen atoms in total. The molecule has 0 amide bonds. The van der Waals surface area contributed by atoms with Crippen LogP contribution in [0.4, 0.5) is 0 Å². The molecule has 0 saturated carbocycles. The zero-order valence-electron chi connectivity index (χ0n) is 9.38. The van der Waals surface area contributed by atoms with Crippen LogP contribution in [0.5, 0.6) is 0 Å². The van der Waals surface area contributed by atoms with Crippen LogP contribution in [-0.4, -0.2) is 20.9 Å². The second-order valence-electron chi connectivity index (χ2n) is 3.62. The first-order valence-electron chi connectivity index (χ1n) is 5.15. The second kappa shape index (κ2) is 4.84. The van der Waals surface area contributed by atoms with E-state index in [1.807, 2.05) is 12.1 Å². The monoisotopic (exact) mass is 235 g/mol. The van der Waals surface area contributed by atoms with E-state index in [-0.39, 0.29) is 5.56 Å². The molecule has 0 aliphatic carbocycles. The molecule has 0 radical (unpaired) electrons. The van der Waals surface area contributed by atoms with E-state index < -0.39 is 5.97 Å². The predicted octanol–water partition coefficient (Wildman–Crippen LogP) is 1.00. The average Bonchev–Trinajstić information content (AvgIpc) is 2.89. The molecule has 2 aromatic rings. The van der Waals surface area contributed by atoms with E-state index in [1.165, 1.54) is 6.20 Å². The van der Waals surface area contributed by atoms with Crippen molar-refractivity contribution in [2.24, 2.45) is 7.05 Å². The van der Waals surface area contributed by atoms with Crippen LogP contribution in [-0.2, 0) is 20.1 Å². The molecule has 2 aromatic heterocycles. The van der Waals surface area contributed by atoms with Crippen molar-refractivity contribution < 1.29 is 14.3 Å². The number of hydrogen-bond acceptors (Lipinski definition) is 4. The first-order chi connectivity index (χ1) is 8.18. The van der Waals surface area contributed by atoms with E-state index in [2.05, 4.69) is 10.4 Å². The first kappa shape index (κ1) is 11.4. The van der Waals surface area contributed by atoms with Crippen LogP contribution in [0.1, 0.15) is 21.8 Å². The smallest absolute Gasteiger partial charge is 0.339 e. The van der Waals surface area contributed by atoms with Crippen molar-refractivity contribution in [3.63, 3.8) is 0 Å². The normalized spacial score (nSPS) is 10.6. The molecule has 0 atom stereocenters. The van der Waals surface area contributed by atoms with Crippen LogP contribution in [0.2, 0.25) is 0 Å². The molecular formula is C11H13N3O3. The summed E-state index contributed by atoms with van der Waals surface area (Å²) >= 11 is 0. The number of aromatic carboxylic acids is 1. The van der Waals surface area contributed by atoms with Crippen LogP contribution in [0.15, 0.2) is 29.0 Å². The number of aromatic nitrogens is 2. The van der Waals surface area contributed by atoms with Gasteiger partial charge in [0.25, 0.3) is 0 Å². The summed E-state index contributed by atoms with van der Waals surface area (Å²) in [5.41, 5.74) is 0.864. The maximum absolute atomic E-state index is 10.9. The van der Waals surface area contributed by atoms with Gasteiger partial charge in [-0.2, -0.15) is 5.10 Å². The summed E-state index contributed by atoms with van der Waals surface area (Å²) in [6.07, 6.45) is 2.95. The lowest BCUT2D eigenvalue weighted by Gasteiger charge is -2.05. The molecule has 2 rings (SSSR count). The summed E-state index contributed by atoms with van der Waals surface area (Å²) < 4.78 is 6.71. The molecule has 2 N–H and O–H groups in total. The summed E-state index contributed by atoms with van der Waals surface area (Å²) in [7, 11) is 1.72. The van der Waals surface area contributed by atoms with Gasteiger partial charge in [-0.25, -0.2) is 4.79 Å². The standard InChI is InChI=1S/C11H13N3O3/c1-14-10(9(6-13-14)11(15)16)7-12-5-8-3-2-4-17-8/h2-4,6,12H,5,7H2,1H3,(H,15,16). The third-order valence-electron chi connectivity index (χ3n) is 2.46. The predicted molar refractivity (Wildman–Crippen MR) is 59.4 cm³/mol. The molecule has 0 unspecified atom stereocenters.